The summed E-state index contributed by atoms with van der Waals surface area (Å²) in [5, 5.41) is 9.12. The Morgan fingerprint density at radius 1 is 1.22 bits per heavy atom. The minimum absolute atomic E-state index is 0.0676. The number of pyridine rings is 1. The maximum Gasteiger partial charge on any atom is 0.223 e. The van der Waals surface area contributed by atoms with E-state index in [1.807, 2.05) is 16.8 Å². The summed E-state index contributed by atoms with van der Waals surface area (Å²) in [6, 6.07) is 5.60. The Hall–Kier alpha value is -1.75. The maximum atomic E-state index is 11.7. The lowest BCUT2D eigenvalue weighted by molar-refractivity contribution is 0.282. The van der Waals surface area contributed by atoms with E-state index in [2.05, 4.69) is 56.9 Å². The maximum absolute atomic E-state index is 11.7. The number of hydrogen-bond acceptors (Lipinski definition) is 7. The molecule has 3 aromatic rings. The van der Waals surface area contributed by atoms with E-state index < -0.39 is 9.84 Å². The number of fused-ring (bicyclic) bond motifs is 1. The van der Waals surface area contributed by atoms with Crippen LogP contribution in [0.25, 0.3) is 11.0 Å². The average Bonchev–Trinajstić information content (AvgIpc) is 3.09. The van der Waals surface area contributed by atoms with Crippen molar-refractivity contribution in [2.45, 2.75) is 33.9 Å². The van der Waals surface area contributed by atoms with Crippen molar-refractivity contribution in [3.63, 3.8) is 0 Å². The molecule has 32 heavy (non-hydrogen) atoms. The fourth-order valence-corrected chi connectivity index (χ4v) is 5.51. The van der Waals surface area contributed by atoms with Gasteiger partial charge in [-0.2, -0.15) is 0 Å². The van der Waals surface area contributed by atoms with E-state index in [4.69, 9.17) is 16.3 Å². The van der Waals surface area contributed by atoms with Gasteiger partial charge in [-0.05, 0) is 39.5 Å². The van der Waals surface area contributed by atoms with Crippen LogP contribution in [0.15, 0.2) is 28.9 Å². The topological polar surface area (TPSA) is 90.2 Å². The van der Waals surface area contributed by atoms with Gasteiger partial charge in [-0.1, -0.05) is 37.6 Å². The number of rotatable bonds is 5. The zero-order valence-electron chi connectivity index (χ0n) is 18.2. The molecule has 0 aliphatic carbocycles. The molecule has 0 bridgehead atoms. The Morgan fingerprint density at radius 2 is 1.94 bits per heavy atom. The third-order valence-electron chi connectivity index (χ3n) is 5.14. The zero-order chi connectivity index (χ0) is 23.1. The summed E-state index contributed by atoms with van der Waals surface area (Å²) in [6.45, 7) is 8.64. The summed E-state index contributed by atoms with van der Waals surface area (Å²) < 4.78 is 32.2. The Bertz CT molecular complexity index is 1240. The van der Waals surface area contributed by atoms with Gasteiger partial charge in [0.2, 0.25) is 5.88 Å². The molecule has 0 saturated carbocycles. The lowest BCUT2D eigenvalue weighted by Gasteiger charge is -2.27. The van der Waals surface area contributed by atoms with Crippen LogP contribution in [-0.2, 0) is 22.9 Å². The van der Waals surface area contributed by atoms with Crippen LogP contribution < -0.4 is 4.74 Å². The SMILES string of the molecule is CC(C)(C)Cn1nnc2c(Br)c(Oc3ncc(Cl)cc3CN3CCS(=O)(=O)CC3)ccc21. The van der Waals surface area contributed by atoms with E-state index in [-0.39, 0.29) is 16.9 Å². The fourth-order valence-electron chi connectivity index (χ4n) is 3.56. The van der Waals surface area contributed by atoms with Gasteiger partial charge >= 0.3 is 0 Å². The first kappa shape index (κ1) is 23.4. The van der Waals surface area contributed by atoms with Crippen molar-refractivity contribution >= 4 is 48.4 Å². The number of ether oxygens (including phenoxy) is 1. The molecule has 1 saturated heterocycles. The standard InChI is InChI=1S/C21H25BrClN5O3S/c1-21(2,3)13-28-16-4-5-17(18(22)19(16)25-26-28)31-20-14(10-15(23)11-24-20)12-27-6-8-32(29,30)9-7-27/h4-5,10-11H,6-9,12-13H2,1-3H3. The van der Waals surface area contributed by atoms with Crippen molar-refractivity contribution in [1.82, 2.24) is 24.9 Å². The molecule has 0 radical (unpaired) electrons. The molecule has 4 rings (SSSR count). The predicted octanol–water partition coefficient (Wildman–Crippen LogP) is 4.31. The van der Waals surface area contributed by atoms with E-state index in [1.54, 1.807) is 6.07 Å². The first-order chi connectivity index (χ1) is 15.0. The first-order valence-corrected chi connectivity index (χ1v) is 13.3. The summed E-state index contributed by atoms with van der Waals surface area (Å²) in [5.41, 5.74) is 2.49. The molecule has 0 spiro atoms. The molecule has 0 N–H and O–H groups in total. The Labute approximate surface area is 200 Å². The summed E-state index contributed by atoms with van der Waals surface area (Å²) in [4.78, 5) is 6.45. The molecule has 11 heteroatoms. The fraction of sp³-hybridized carbons (Fsp3) is 0.476. The lowest BCUT2D eigenvalue weighted by atomic mass is 9.97. The van der Waals surface area contributed by atoms with Gasteiger partial charge in [0.05, 0.1) is 26.5 Å². The Kier molecular flexibility index (Phi) is 6.50. The van der Waals surface area contributed by atoms with Crippen LogP contribution in [-0.4, -0.2) is 57.9 Å². The predicted molar refractivity (Wildman–Crippen MR) is 128 cm³/mol. The molecule has 0 atom stereocenters. The highest BCUT2D eigenvalue weighted by Gasteiger charge is 2.23. The number of sulfone groups is 1. The number of nitrogens with zero attached hydrogens (tertiary/aromatic N) is 5. The zero-order valence-corrected chi connectivity index (χ0v) is 21.3. The van der Waals surface area contributed by atoms with Crippen molar-refractivity contribution in [2.75, 3.05) is 24.6 Å². The molecular weight excluding hydrogens is 518 g/mol. The van der Waals surface area contributed by atoms with E-state index in [1.165, 1.54) is 6.20 Å². The first-order valence-electron chi connectivity index (χ1n) is 10.3. The van der Waals surface area contributed by atoms with Crippen LogP contribution in [0.3, 0.4) is 0 Å². The van der Waals surface area contributed by atoms with E-state index >= 15 is 0 Å². The second-order valence-electron chi connectivity index (χ2n) is 9.20. The van der Waals surface area contributed by atoms with E-state index in [0.29, 0.717) is 46.3 Å². The second-order valence-corrected chi connectivity index (χ2v) is 12.7. The summed E-state index contributed by atoms with van der Waals surface area (Å²) >= 11 is 9.80. The summed E-state index contributed by atoms with van der Waals surface area (Å²) in [6.07, 6.45) is 1.53. The molecule has 1 aliphatic rings. The molecule has 0 amide bonds. The third-order valence-corrected chi connectivity index (χ3v) is 7.73. The van der Waals surface area contributed by atoms with Crippen molar-refractivity contribution in [1.29, 1.82) is 0 Å². The summed E-state index contributed by atoms with van der Waals surface area (Å²) in [5.74, 6) is 1.30. The quantitative estimate of drug-likeness (QED) is 0.474. The van der Waals surface area contributed by atoms with Gasteiger partial charge in [-0.25, -0.2) is 18.1 Å². The van der Waals surface area contributed by atoms with Gasteiger partial charge in [-0.15, -0.1) is 5.10 Å². The monoisotopic (exact) mass is 541 g/mol. The van der Waals surface area contributed by atoms with Crippen molar-refractivity contribution in [3.8, 4) is 11.6 Å². The third kappa shape index (κ3) is 5.41. The van der Waals surface area contributed by atoms with Gasteiger partial charge in [0, 0.05) is 37.9 Å². The molecule has 3 heterocycles. The smallest absolute Gasteiger partial charge is 0.223 e. The highest BCUT2D eigenvalue weighted by Crippen LogP contribution is 2.36. The molecule has 0 unspecified atom stereocenters. The molecular formula is C21H25BrClN5O3S. The molecule has 8 nitrogen and oxygen atoms in total. The second kappa shape index (κ2) is 8.89. The van der Waals surface area contributed by atoms with Gasteiger partial charge in [-0.3, -0.25) is 4.90 Å². The normalized spacial score (nSPS) is 17.0. The van der Waals surface area contributed by atoms with Crippen LogP contribution in [0.2, 0.25) is 5.02 Å². The summed E-state index contributed by atoms with van der Waals surface area (Å²) in [7, 11) is -2.95. The van der Waals surface area contributed by atoms with Crippen LogP contribution in [0.4, 0.5) is 0 Å². The van der Waals surface area contributed by atoms with Gasteiger partial charge in [0.1, 0.15) is 11.3 Å². The highest BCUT2D eigenvalue weighted by molar-refractivity contribution is 9.10. The van der Waals surface area contributed by atoms with Gasteiger partial charge < -0.3 is 4.74 Å². The lowest BCUT2D eigenvalue weighted by Crippen LogP contribution is -2.39. The number of benzene rings is 1. The van der Waals surface area contributed by atoms with Crippen molar-refractivity contribution < 1.29 is 13.2 Å². The van der Waals surface area contributed by atoms with Crippen molar-refractivity contribution in [3.05, 3.63) is 39.5 Å². The van der Waals surface area contributed by atoms with Gasteiger partial charge in [0.15, 0.2) is 9.84 Å². The van der Waals surface area contributed by atoms with Gasteiger partial charge in [0.25, 0.3) is 0 Å². The molecule has 1 fully saturated rings. The minimum Gasteiger partial charge on any atom is -0.437 e. The number of hydrogen-bond donors (Lipinski definition) is 0. The van der Waals surface area contributed by atoms with Crippen LogP contribution in [0.5, 0.6) is 11.6 Å². The van der Waals surface area contributed by atoms with E-state index in [9.17, 15) is 8.42 Å². The van der Waals surface area contributed by atoms with Crippen LogP contribution in [0.1, 0.15) is 26.3 Å². The van der Waals surface area contributed by atoms with E-state index in [0.717, 1.165) is 17.6 Å². The average molecular weight is 543 g/mol. The highest BCUT2D eigenvalue weighted by atomic mass is 79.9. The van der Waals surface area contributed by atoms with Crippen LogP contribution in [0, 0.1) is 5.41 Å². The Balaban J connectivity index is 1.59. The van der Waals surface area contributed by atoms with Crippen molar-refractivity contribution in [2.24, 2.45) is 5.41 Å². The number of aromatic nitrogens is 4. The molecule has 1 aliphatic heterocycles. The largest absolute Gasteiger partial charge is 0.437 e. The van der Waals surface area contributed by atoms with Crippen LogP contribution >= 0.6 is 27.5 Å². The minimum atomic E-state index is -2.95. The molecule has 1 aromatic carbocycles. The Morgan fingerprint density at radius 3 is 2.62 bits per heavy atom. The number of halogens is 2. The molecule has 2 aromatic heterocycles. The molecule has 172 valence electrons.